The van der Waals surface area contributed by atoms with Gasteiger partial charge in [-0.25, -0.2) is 0 Å². The zero-order valence-corrected chi connectivity index (χ0v) is 14.6. The first-order chi connectivity index (χ1) is 8.89. The highest BCUT2D eigenvalue weighted by Gasteiger charge is 2.28. The van der Waals surface area contributed by atoms with Crippen molar-refractivity contribution in [1.29, 1.82) is 0 Å². The Morgan fingerprint density at radius 1 is 1.42 bits per heavy atom. The molecule has 1 N–H and O–H groups in total. The van der Waals surface area contributed by atoms with Crippen LogP contribution in [0.15, 0.2) is 22.7 Å². The summed E-state index contributed by atoms with van der Waals surface area (Å²) in [7, 11) is 0. The van der Waals surface area contributed by atoms with Crippen LogP contribution in [0.3, 0.4) is 0 Å². The van der Waals surface area contributed by atoms with Crippen LogP contribution in [-0.4, -0.2) is 34.6 Å². The molecule has 1 amide bonds. The molecule has 1 aliphatic heterocycles. The van der Waals surface area contributed by atoms with Gasteiger partial charge in [0.1, 0.15) is 0 Å². The van der Waals surface area contributed by atoms with E-state index in [2.05, 4.69) is 38.5 Å². The third-order valence-electron chi connectivity index (χ3n) is 3.51. The fraction of sp³-hybridized carbons (Fsp3) is 0.500. The van der Waals surface area contributed by atoms with Crippen LogP contribution >= 0.6 is 38.5 Å². The van der Waals surface area contributed by atoms with Gasteiger partial charge in [-0.3, -0.25) is 4.79 Å². The van der Waals surface area contributed by atoms with Crippen molar-refractivity contribution in [2.75, 3.05) is 13.1 Å². The van der Waals surface area contributed by atoms with Crippen LogP contribution in [0.5, 0.6) is 0 Å². The molecule has 1 aromatic carbocycles. The summed E-state index contributed by atoms with van der Waals surface area (Å²) in [6.45, 7) is 3.19. The first kappa shape index (κ1) is 15.3. The second-order valence-electron chi connectivity index (χ2n) is 5.27. The molecule has 0 spiro atoms. The normalized spacial score (nSPS) is 24.1. The monoisotopic (exact) mass is 437 g/mol. The molecule has 1 aromatic rings. The van der Waals surface area contributed by atoms with E-state index in [4.69, 9.17) is 0 Å². The van der Waals surface area contributed by atoms with Gasteiger partial charge in [0.2, 0.25) is 0 Å². The number of nitrogens with zero attached hydrogens (tertiary/aromatic N) is 1. The summed E-state index contributed by atoms with van der Waals surface area (Å²) in [5.41, 5.74) is 0.0935. The standard InChI is InChI=1S/C14H17BrINO2/c1-14(19)5-2-7-17(8-6-14)13(18)11-9-10(15)3-4-12(11)16/h3-4,9,19H,2,5-8H2,1H3. The number of hydrogen-bond donors (Lipinski definition) is 1. The zero-order chi connectivity index (χ0) is 14.0. The molecule has 1 aliphatic rings. The molecule has 0 saturated carbocycles. The van der Waals surface area contributed by atoms with Crippen LogP contribution in [0, 0.1) is 3.57 Å². The summed E-state index contributed by atoms with van der Waals surface area (Å²) in [6, 6.07) is 5.74. The number of benzene rings is 1. The van der Waals surface area contributed by atoms with Crippen molar-refractivity contribution in [1.82, 2.24) is 4.90 Å². The molecule has 3 nitrogen and oxygen atoms in total. The predicted octanol–water partition coefficient (Wildman–Crippen LogP) is 3.43. The van der Waals surface area contributed by atoms with Gasteiger partial charge in [0.05, 0.1) is 11.2 Å². The van der Waals surface area contributed by atoms with Crippen LogP contribution in [0.4, 0.5) is 0 Å². The Bertz CT molecular complexity index is 490. The van der Waals surface area contributed by atoms with Crippen molar-refractivity contribution in [3.05, 3.63) is 31.8 Å². The lowest BCUT2D eigenvalue weighted by molar-refractivity contribution is 0.0438. The highest BCUT2D eigenvalue weighted by molar-refractivity contribution is 14.1. The van der Waals surface area contributed by atoms with E-state index in [0.717, 1.165) is 33.0 Å². The van der Waals surface area contributed by atoms with Gasteiger partial charge in [0, 0.05) is 21.1 Å². The molecule has 1 atom stereocenters. The summed E-state index contributed by atoms with van der Waals surface area (Å²) in [5, 5.41) is 10.1. The average molecular weight is 438 g/mol. The maximum Gasteiger partial charge on any atom is 0.254 e. The molecule has 19 heavy (non-hydrogen) atoms. The van der Waals surface area contributed by atoms with E-state index < -0.39 is 5.60 Å². The van der Waals surface area contributed by atoms with Crippen molar-refractivity contribution in [3.8, 4) is 0 Å². The number of carbonyl (C=O) groups excluding carboxylic acids is 1. The minimum absolute atomic E-state index is 0.0587. The first-order valence-electron chi connectivity index (χ1n) is 6.36. The molecule has 0 radical (unpaired) electrons. The van der Waals surface area contributed by atoms with E-state index in [1.54, 1.807) is 0 Å². The molecule has 2 rings (SSSR count). The summed E-state index contributed by atoms with van der Waals surface area (Å²) in [5.74, 6) is 0.0587. The van der Waals surface area contributed by atoms with Gasteiger partial charge in [0.15, 0.2) is 0 Å². The number of likely N-dealkylation sites (tertiary alicyclic amines) is 1. The number of carbonyl (C=O) groups is 1. The molecular formula is C14H17BrINO2. The van der Waals surface area contributed by atoms with Crippen molar-refractivity contribution >= 4 is 44.4 Å². The summed E-state index contributed by atoms with van der Waals surface area (Å²) < 4.78 is 1.87. The van der Waals surface area contributed by atoms with E-state index >= 15 is 0 Å². The molecule has 1 fully saturated rings. The van der Waals surface area contributed by atoms with Crippen molar-refractivity contribution < 1.29 is 9.90 Å². The van der Waals surface area contributed by atoms with Gasteiger partial charge in [-0.2, -0.15) is 0 Å². The van der Waals surface area contributed by atoms with Gasteiger partial charge in [-0.05, 0) is 67.0 Å². The molecule has 1 heterocycles. The Hall–Kier alpha value is -0.140. The SMILES string of the molecule is CC1(O)CCCN(C(=O)c2cc(Br)ccc2I)CC1. The number of rotatable bonds is 1. The van der Waals surface area contributed by atoms with Gasteiger partial charge in [0.25, 0.3) is 5.91 Å². The molecule has 5 heteroatoms. The topological polar surface area (TPSA) is 40.5 Å². The Kier molecular flexibility index (Phi) is 4.89. The zero-order valence-electron chi connectivity index (χ0n) is 10.8. The highest BCUT2D eigenvalue weighted by atomic mass is 127. The van der Waals surface area contributed by atoms with Gasteiger partial charge >= 0.3 is 0 Å². The highest BCUT2D eigenvalue weighted by Crippen LogP contribution is 2.24. The lowest BCUT2D eigenvalue weighted by atomic mass is 9.98. The molecule has 0 aliphatic carbocycles. The molecule has 1 saturated heterocycles. The van der Waals surface area contributed by atoms with E-state index in [-0.39, 0.29) is 5.91 Å². The lowest BCUT2D eigenvalue weighted by Gasteiger charge is -2.23. The molecule has 104 valence electrons. The summed E-state index contributed by atoms with van der Waals surface area (Å²) >= 11 is 5.60. The van der Waals surface area contributed by atoms with Crippen LogP contribution in [0.25, 0.3) is 0 Å². The number of hydrogen-bond acceptors (Lipinski definition) is 2. The predicted molar refractivity (Wildman–Crippen MR) is 87.2 cm³/mol. The smallest absolute Gasteiger partial charge is 0.254 e. The van der Waals surface area contributed by atoms with Crippen molar-refractivity contribution in [2.24, 2.45) is 0 Å². The second-order valence-corrected chi connectivity index (χ2v) is 7.34. The Labute approximate surface area is 135 Å². The fourth-order valence-corrected chi connectivity index (χ4v) is 3.23. The summed E-state index contributed by atoms with van der Waals surface area (Å²) in [4.78, 5) is 14.4. The Morgan fingerprint density at radius 2 is 2.16 bits per heavy atom. The number of halogens is 2. The van der Waals surface area contributed by atoms with Crippen molar-refractivity contribution in [3.63, 3.8) is 0 Å². The van der Waals surface area contributed by atoms with Gasteiger partial charge in [-0.15, -0.1) is 0 Å². The minimum Gasteiger partial charge on any atom is -0.390 e. The van der Waals surface area contributed by atoms with Crippen molar-refractivity contribution in [2.45, 2.75) is 31.8 Å². The van der Waals surface area contributed by atoms with E-state index in [9.17, 15) is 9.90 Å². The third-order valence-corrected chi connectivity index (χ3v) is 4.94. The Morgan fingerprint density at radius 3 is 2.89 bits per heavy atom. The number of aliphatic hydroxyl groups is 1. The van der Waals surface area contributed by atoms with Crippen LogP contribution < -0.4 is 0 Å². The number of amides is 1. The lowest BCUT2D eigenvalue weighted by Crippen LogP contribution is -2.34. The molecular weight excluding hydrogens is 421 g/mol. The van der Waals surface area contributed by atoms with Crippen LogP contribution in [-0.2, 0) is 0 Å². The minimum atomic E-state index is -0.639. The largest absolute Gasteiger partial charge is 0.390 e. The second kappa shape index (κ2) is 6.10. The van der Waals surface area contributed by atoms with Gasteiger partial charge < -0.3 is 10.0 Å². The van der Waals surface area contributed by atoms with Gasteiger partial charge in [-0.1, -0.05) is 15.9 Å². The summed E-state index contributed by atoms with van der Waals surface area (Å²) in [6.07, 6.45) is 2.25. The van der Waals surface area contributed by atoms with E-state index in [1.165, 1.54) is 0 Å². The molecule has 0 bridgehead atoms. The van der Waals surface area contributed by atoms with E-state index in [0.29, 0.717) is 13.0 Å². The van der Waals surface area contributed by atoms with Crippen LogP contribution in [0.1, 0.15) is 36.5 Å². The average Bonchev–Trinajstić information content (AvgIpc) is 2.52. The fourth-order valence-electron chi connectivity index (χ4n) is 2.30. The first-order valence-corrected chi connectivity index (χ1v) is 8.23. The maximum absolute atomic E-state index is 12.6. The molecule has 1 unspecified atom stereocenters. The van der Waals surface area contributed by atoms with Crippen LogP contribution in [0.2, 0.25) is 0 Å². The maximum atomic E-state index is 12.6. The molecule has 0 aromatic heterocycles. The third kappa shape index (κ3) is 3.92. The van der Waals surface area contributed by atoms with E-state index in [1.807, 2.05) is 30.0 Å². The quantitative estimate of drug-likeness (QED) is 0.683. The Balaban J connectivity index is 2.17.